The van der Waals surface area contributed by atoms with E-state index in [0.717, 1.165) is 0 Å². The second-order valence-corrected chi connectivity index (χ2v) is 4.67. The van der Waals surface area contributed by atoms with Crippen molar-refractivity contribution >= 4 is 21.7 Å². The maximum Gasteiger partial charge on any atom is 0.212 e. The van der Waals surface area contributed by atoms with Gasteiger partial charge in [-0.1, -0.05) is 0 Å². The molecule has 88 valence electrons. The van der Waals surface area contributed by atoms with Gasteiger partial charge < -0.3 is 0 Å². The topological polar surface area (TPSA) is 34.9 Å². The third-order valence-corrected chi connectivity index (χ3v) is 2.99. The molecule has 2 aromatic rings. The fourth-order valence-corrected chi connectivity index (χ4v) is 2.20. The van der Waals surface area contributed by atoms with E-state index in [1.54, 1.807) is 26.2 Å². The van der Waals surface area contributed by atoms with Gasteiger partial charge in [0, 0.05) is 12.6 Å². The summed E-state index contributed by atoms with van der Waals surface area (Å²) in [4.78, 5) is 12.2. The molecule has 5 heteroatoms. The van der Waals surface area contributed by atoms with Crippen molar-refractivity contribution in [2.24, 2.45) is 7.05 Å². The highest BCUT2D eigenvalue weighted by Crippen LogP contribution is 2.20. The molecule has 0 aliphatic heterocycles. The average molecular weight is 297 g/mol. The van der Waals surface area contributed by atoms with Gasteiger partial charge in [0.25, 0.3) is 0 Å². The lowest BCUT2D eigenvalue weighted by molar-refractivity contribution is 0.102. The molecule has 0 aliphatic carbocycles. The van der Waals surface area contributed by atoms with Gasteiger partial charge in [-0.05, 0) is 46.6 Å². The molecule has 0 fully saturated rings. The minimum absolute atomic E-state index is 0.250. The molecule has 0 radical (unpaired) electrons. The maximum atomic E-state index is 13.2. The number of carbonyl (C=O) groups excluding carboxylic acids is 1. The van der Waals surface area contributed by atoms with Crippen LogP contribution in [0.3, 0.4) is 0 Å². The molecular formula is C12H10BrFN2O. The number of benzene rings is 1. The molecule has 17 heavy (non-hydrogen) atoms. The largest absolute Gasteiger partial charge is 0.287 e. The summed E-state index contributed by atoms with van der Waals surface area (Å²) in [5.41, 5.74) is 1.45. The Balaban J connectivity index is 2.51. The molecule has 0 saturated carbocycles. The van der Waals surface area contributed by atoms with E-state index in [1.807, 2.05) is 0 Å². The molecule has 0 atom stereocenters. The van der Waals surface area contributed by atoms with Crippen LogP contribution in [0.2, 0.25) is 0 Å². The van der Waals surface area contributed by atoms with Gasteiger partial charge in [-0.25, -0.2) is 4.39 Å². The Labute approximate surface area is 106 Å². The molecular weight excluding hydrogens is 287 g/mol. The molecule has 0 aliphatic rings. The second-order valence-electron chi connectivity index (χ2n) is 3.81. The first-order valence-electron chi connectivity index (χ1n) is 4.98. The molecule has 0 amide bonds. The van der Waals surface area contributed by atoms with Crippen LogP contribution in [0.4, 0.5) is 4.39 Å². The van der Waals surface area contributed by atoms with Crippen LogP contribution in [0.25, 0.3) is 0 Å². The number of aryl methyl sites for hydroxylation is 2. The molecule has 1 aromatic heterocycles. The van der Waals surface area contributed by atoms with Crippen LogP contribution in [0, 0.1) is 12.7 Å². The Hall–Kier alpha value is -1.49. The van der Waals surface area contributed by atoms with Gasteiger partial charge in [0.1, 0.15) is 11.5 Å². The highest BCUT2D eigenvalue weighted by Gasteiger charge is 2.17. The number of halogens is 2. The lowest BCUT2D eigenvalue weighted by Gasteiger charge is -2.04. The van der Waals surface area contributed by atoms with Crippen molar-refractivity contribution in [2.75, 3.05) is 0 Å². The smallest absolute Gasteiger partial charge is 0.212 e. The summed E-state index contributed by atoms with van der Waals surface area (Å²) in [7, 11) is 1.67. The van der Waals surface area contributed by atoms with E-state index in [9.17, 15) is 9.18 Å². The Morgan fingerprint density at radius 3 is 2.65 bits per heavy atom. The summed E-state index contributed by atoms with van der Waals surface area (Å²) in [6.07, 6.45) is 1.54. The van der Waals surface area contributed by atoms with E-state index in [1.165, 1.54) is 16.8 Å². The van der Waals surface area contributed by atoms with Crippen LogP contribution in [0.1, 0.15) is 21.6 Å². The summed E-state index contributed by atoms with van der Waals surface area (Å²) >= 11 is 3.25. The van der Waals surface area contributed by atoms with Crippen molar-refractivity contribution in [3.63, 3.8) is 0 Å². The molecule has 0 spiro atoms. The normalized spacial score (nSPS) is 10.6. The fraction of sp³-hybridized carbons (Fsp3) is 0.167. The quantitative estimate of drug-likeness (QED) is 0.799. The van der Waals surface area contributed by atoms with Crippen molar-refractivity contribution in [1.82, 2.24) is 9.78 Å². The van der Waals surface area contributed by atoms with Crippen molar-refractivity contribution in [3.8, 4) is 0 Å². The number of nitrogens with zero attached hydrogens (tertiary/aromatic N) is 2. The Kier molecular flexibility index (Phi) is 3.11. The highest BCUT2D eigenvalue weighted by molar-refractivity contribution is 9.10. The number of hydrogen-bond acceptors (Lipinski definition) is 2. The molecule has 0 bridgehead atoms. The predicted octanol–water partition coefficient (Wildman–Crippen LogP) is 2.86. The van der Waals surface area contributed by atoms with Crippen molar-refractivity contribution in [3.05, 3.63) is 51.5 Å². The van der Waals surface area contributed by atoms with E-state index in [2.05, 4.69) is 21.0 Å². The van der Waals surface area contributed by atoms with Gasteiger partial charge in [-0.2, -0.15) is 5.10 Å². The van der Waals surface area contributed by atoms with Gasteiger partial charge >= 0.3 is 0 Å². The zero-order valence-corrected chi connectivity index (χ0v) is 11.0. The average Bonchev–Trinajstić information content (AvgIpc) is 2.56. The molecule has 0 unspecified atom stereocenters. The third kappa shape index (κ3) is 2.29. The van der Waals surface area contributed by atoms with Gasteiger partial charge in [0.15, 0.2) is 0 Å². The molecule has 2 rings (SSSR count). The van der Waals surface area contributed by atoms with E-state index in [4.69, 9.17) is 0 Å². The Morgan fingerprint density at radius 1 is 1.41 bits per heavy atom. The number of ketones is 1. The lowest BCUT2D eigenvalue weighted by atomic mass is 10.1. The molecule has 1 aromatic carbocycles. The Morgan fingerprint density at radius 2 is 2.12 bits per heavy atom. The third-order valence-electron chi connectivity index (χ3n) is 2.41. The highest BCUT2D eigenvalue weighted by atomic mass is 79.9. The van der Waals surface area contributed by atoms with Crippen LogP contribution in [0.15, 0.2) is 28.9 Å². The molecule has 0 saturated heterocycles. The predicted molar refractivity (Wildman–Crippen MR) is 65.5 cm³/mol. The summed E-state index contributed by atoms with van der Waals surface area (Å²) in [5.74, 6) is -0.661. The minimum atomic E-state index is -0.411. The first-order chi connectivity index (χ1) is 7.99. The van der Waals surface area contributed by atoms with Gasteiger partial charge in [0.05, 0.1) is 10.7 Å². The summed E-state index contributed by atoms with van der Waals surface area (Å²) in [6.45, 7) is 1.75. The first-order valence-corrected chi connectivity index (χ1v) is 5.77. The fourth-order valence-electron chi connectivity index (χ4n) is 1.67. The van der Waals surface area contributed by atoms with Crippen molar-refractivity contribution < 1.29 is 9.18 Å². The van der Waals surface area contributed by atoms with Crippen molar-refractivity contribution in [2.45, 2.75) is 6.92 Å². The SMILES string of the molecule is Cc1cc(F)cc(C(=O)c2c(Br)cnn2C)c1. The lowest BCUT2D eigenvalue weighted by Crippen LogP contribution is -2.09. The maximum absolute atomic E-state index is 13.2. The number of carbonyl (C=O) groups is 1. The number of hydrogen-bond donors (Lipinski definition) is 0. The molecule has 0 N–H and O–H groups in total. The standard InChI is InChI=1S/C12H10BrFN2O/c1-7-3-8(5-9(14)4-7)12(17)11-10(13)6-15-16(11)2/h3-6H,1-2H3. The van der Waals surface area contributed by atoms with Gasteiger partial charge in [-0.3, -0.25) is 9.48 Å². The first kappa shape index (κ1) is 12.0. The van der Waals surface area contributed by atoms with Gasteiger partial charge in [0.2, 0.25) is 5.78 Å². The summed E-state index contributed by atoms with van der Waals surface area (Å²) < 4.78 is 15.3. The number of aromatic nitrogens is 2. The van der Waals surface area contributed by atoms with Crippen LogP contribution in [-0.4, -0.2) is 15.6 Å². The molecule has 3 nitrogen and oxygen atoms in total. The van der Waals surface area contributed by atoms with E-state index in [-0.39, 0.29) is 5.78 Å². The van der Waals surface area contributed by atoms with E-state index >= 15 is 0 Å². The van der Waals surface area contributed by atoms with Crippen LogP contribution < -0.4 is 0 Å². The monoisotopic (exact) mass is 296 g/mol. The summed E-state index contributed by atoms with van der Waals surface area (Å²) in [6, 6.07) is 4.27. The van der Waals surface area contributed by atoms with Crippen LogP contribution >= 0.6 is 15.9 Å². The van der Waals surface area contributed by atoms with E-state index in [0.29, 0.717) is 21.3 Å². The van der Waals surface area contributed by atoms with Crippen molar-refractivity contribution in [1.29, 1.82) is 0 Å². The molecule has 1 heterocycles. The second kappa shape index (κ2) is 4.41. The number of rotatable bonds is 2. The minimum Gasteiger partial charge on any atom is -0.287 e. The van der Waals surface area contributed by atoms with Gasteiger partial charge in [-0.15, -0.1) is 0 Å². The Bertz CT molecular complexity index is 552. The zero-order valence-electron chi connectivity index (χ0n) is 9.37. The van der Waals surface area contributed by atoms with Crippen LogP contribution in [0.5, 0.6) is 0 Å². The van der Waals surface area contributed by atoms with E-state index < -0.39 is 5.82 Å². The zero-order chi connectivity index (χ0) is 12.6. The summed E-state index contributed by atoms with van der Waals surface area (Å²) in [5, 5.41) is 3.96. The van der Waals surface area contributed by atoms with Crippen LogP contribution in [-0.2, 0) is 7.05 Å².